The molecule has 0 aliphatic rings. The van der Waals surface area contributed by atoms with Crippen LogP contribution in [0.4, 0.5) is 0 Å². The normalized spacial score (nSPS) is 14.1. The minimum absolute atomic E-state index is 0.0491. The van der Waals surface area contributed by atoms with E-state index >= 15 is 0 Å². The molecular formula is C16H19NO. The van der Waals surface area contributed by atoms with Gasteiger partial charge in [-0.05, 0) is 17.5 Å². The highest BCUT2D eigenvalue weighted by Gasteiger charge is 2.26. The SMILES string of the molecule is CCC(C)C(C(=O)c1cc[nH]c1)c1ccccc1. The van der Waals surface area contributed by atoms with Crippen LogP contribution in [0.2, 0.25) is 0 Å². The second-order valence-electron chi connectivity index (χ2n) is 4.74. The van der Waals surface area contributed by atoms with Crippen molar-refractivity contribution in [2.75, 3.05) is 0 Å². The highest BCUT2D eigenvalue weighted by atomic mass is 16.1. The number of aromatic nitrogens is 1. The molecule has 1 aromatic carbocycles. The second kappa shape index (κ2) is 5.67. The molecule has 0 bridgehead atoms. The summed E-state index contributed by atoms with van der Waals surface area (Å²) >= 11 is 0. The van der Waals surface area contributed by atoms with E-state index in [2.05, 4.69) is 18.8 Å². The lowest BCUT2D eigenvalue weighted by Crippen LogP contribution is -2.19. The molecule has 0 radical (unpaired) electrons. The molecule has 0 spiro atoms. The summed E-state index contributed by atoms with van der Waals surface area (Å²) in [6, 6.07) is 11.9. The molecule has 1 N–H and O–H groups in total. The summed E-state index contributed by atoms with van der Waals surface area (Å²) in [6.45, 7) is 4.27. The van der Waals surface area contributed by atoms with E-state index in [9.17, 15) is 4.79 Å². The van der Waals surface area contributed by atoms with Crippen molar-refractivity contribution in [3.05, 3.63) is 59.9 Å². The molecule has 0 amide bonds. The zero-order valence-electron chi connectivity index (χ0n) is 10.9. The van der Waals surface area contributed by atoms with Crippen LogP contribution >= 0.6 is 0 Å². The number of H-pyrrole nitrogens is 1. The first-order chi connectivity index (χ1) is 8.74. The van der Waals surface area contributed by atoms with Crippen LogP contribution < -0.4 is 0 Å². The molecule has 1 heterocycles. The van der Waals surface area contributed by atoms with Crippen molar-refractivity contribution in [2.24, 2.45) is 5.92 Å². The maximum Gasteiger partial charge on any atom is 0.172 e. The number of aromatic amines is 1. The van der Waals surface area contributed by atoms with Gasteiger partial charge in [-0.1, -0.05) is 50.6 Å². The molecule has 2 heteroatoms. The topological polar surface area (TPSA) is 32.9 Å². The van der Waals surface area contributed by atoms with Gasteiger partial charge < -0.3 is 4.98 Å². The zero-order chi connectivity index (χ0) is 13.0. The average molecular weight is 241 g/mol. The van der Waals surface area contributed by atoms with Crippen molar-refractivity contribution >= 4 is 5.78 Å². The number of nitrogens with one attached hydrogen (secondary N) is 1. The Morgan fingerprint density at radius 2 is 1.94 bits per heavy atom. The first-order valence-electron chi connectivity index (χ1n) is 6.46. The van der Waals surface area contributed by atoms with Crippen LogP contribution in [0, 0.1) is 5.92 Å². The Kier molecular flexibility index (Phi) is 3.98. The number of carbonyl (C=O) groups is 1. The lowest BCUT2D eigenvalue weighted by atomic mass is 9.81. The minimum Gasteiger partial charge on any atom is -0.367 e. The van der Waals surface area contributed by atoms with Crippen molar-refractivity contribution in [3.8, 4) is 0 Å². The van der Waals surface area contributed by atoms with E-state index in [-0.39, 0.29) is 11.7 Å². The summed E-state index contributed by atoms with van der Waals surface area (Å²) < 4.78 is 0. The number of rotatable bonds is 5. The van der Waals surface area contributed by atoms with E-state index in [1.807, 2.05) is 36.4 Å². The molecule has 94 valence electrons. The van der Waals surface area contributed by atoms with E-state index in [1.165, 1.54) is 0 Å². The number of ketones is 1. The smallest absolute Gasteiger partial charge is 0.172 e. The van der Waals surface area contributed by atoms with Gasteiger partial charge in [0, 0.05) is 23.9 Å². The zero-order valence-corrected chi connectivity index (χ0v) is 10.9. The lowest BCUT2D eigenvalue weighted by molar-refractivity contribution is 0.0932. The molecule has 2 atom stereocenters. The van der Waals surface area contributed by atoms with Crippen LogP contribution in [0.1, 0.15) is 42.1 Å². The van der Waals surface area contributed by atoms with Crippen molar-refractivity contribution in [1.29, 1.82) is 0 Å². The third kappa shape index (κ3) is 2.53. The molecular weight excluding hydrogens is 222 g/mol. The summed E-state index contributed by atoms with van der Waals surface area (Å²) in [6.07, 6.45) is 4.57. The first kappa shape index (κ1) is 12.6. The summed E-state index contributed by atoms with van der Waals surface area (Å²) in [4.78, 5) is 15.5. The van der Waals surface area contributed by atoms with E-state index < -0.39 is 0 Å². The van der Waals surface area contributed by atoms with E-state index in [1.54, 1.807) is 12.4 Å². The van der Waals surface area contributed by atoms with Gasteiger partial charge in [-0.3, -0.25) is 4.79 Å². The summed E-state index contributed by atoms with van der Waals surface area (Å²) in [7, 11) is 0. The number of carbonyl (C=O) groups excluding carboxylic acids is 1. The predicted octanol–water partition coefficient (Wildman–Crippen LogP) is 4.03. The molecule has 0 aliphatic heterocycles. The van der Waals surface area contributed by atoms with Crippen LogP contribution in [0.25, 0.3) is 0 Å². The third-order valence-electron chi connectivity index (χ3n) is 3.54. The Labute approximate surface area is 108 Å². The second-order valence-corrected chi connectivity index (χ2v) is 4.74. The molecule has 2 unspecified atom stereocenters. The number of hydrogen-bond donors (Lipinski definition) is 1. The van der Waals surface area contributed by atoms with Crippen LogP contribution in [0.15, 0.2) is 48.8 Å². The summed E-state index contributed by atoms with van der Waals surface area (Å²) in [5, 5.41) is 0. The Hall–Kier alpha value is -1.83. The molecule has 0 aliphatic carbocycles. The Morgan fingerprint density at radius 1 is 1.22 bits per heavy atom. The number of Topliss-reactive ketones (excluding diaryl/α,β-unsaturated/α-hetero) is 1. The molecule has 2 aromatic rings. The first-order valence-corrected chi connectivity index (χ1v) is 6.46. The van der Waals surface area contributed by atoms with Crippen LogP contribution in [-0.2, 0) is 0 Å². The molecule has 1 aromatic heterocycles. The van der Waals surface area contributed by atoms with Gasteiger partial charge in [-0.15, -0.1) is 0 Å². The van der Waals surface area contributed by atoms with E-state index in [0.29, 0.717) is 5.92 Å². The molecule has 0 saturated heterocycles. The third-order valence-corrected chi connectivity index (χ3v) is 3.54. The molecule has 2 rings (SSSR count). The van der Waals surface area contributed by atoms with Crippen molar-refractivity contribution < 1.29 is 4.79 Å². The molecule has 0 fully saturated rings. The number of hydrogen-bond acceptors (Lipinski definition) is 1. The molecule has 0 saturated carbocycles. The van der Waals surface area contributed by atoms with Crippen LogP contribution in [0.5, 0.6) is 0 Å². The van der Waals surface area contributed by atoms with Gasteiger partial charge in [0.2, 0.25) is 0 Å². The van der Waals surface area contributed by atoms with Gasteiger partial charge in [0.05, 0.1) is 0 Å². The quantitative estimate of drug-likeness (QED) is 0.788. The fraction of sp³-hybridized carbons (Fsp3) is 0.312. The Morgan fingerprint density at radius 3 is 2.50 bits per heavy atom. The van der Waals surface area contributed by atoms with E-state index in [4.69, 9.17) is 0 Å². The van der Waals surface area contributed by atoms with Gasteiger partial charge in [0.25, 0.3) is 0 Å². The minimum atomic E-state index is -0.0491. The fourth-order valence-corrected chi connectivity index (χ4v) is 2.29. The Bertz CT molecular complexity index is 487. The monoisotopic (exact) mass is 241 g/mol. The van der Waals surface area contributed by atoms with Crippen molar-refractivity contribution in [2.45, 2.75) is 26.2 Å². The van der Waals surface area contributed by atoms with Gasteiger partial charge in [-0.2, -0.15) is 0 Å². The van der Waals surface area contributed by atoms with Gasteiger partial charge in [-0.25, -0.2) is 0 Å². The maximum absolute atomic E-state index is 12.6. The van der Waals surface area contributed by atoms with Gasteiger partial charge in [0.15, 0.2) is 5.78 Å². The molecule has 18 heavy (non-hydrogen) atoms. The average Bonchev–Trinajstić information content (AvgIpc) is 2.94. The highest BCUT2D eigenvalue weighted by Crippen LogP contribution is 2.30. The van der Waals surface area contributed by atoms with Crippen LogP contribution in [-0.4, -0.2) is 10.8 Å². The maximum atomic E-state index is 12.6. The summed E-state index contributed by atoms with van der Waals surface area (Å²) in [5.74, 6) is 0.499. The Balaban J connectivity index is 2.35. The predicted molar refractivity (Wildman–Crippen MR) is 73.8 cm³/mol. The van der Waals surface area contributed by atoms with Gasteiger partial charge >= 0.3 is 0 Å². The van der Waals surface area contributed by atoms with Crippen LogP contribution in [0.3, 0.4) is 0 Å². The number of benzene rings is 1. The van der Waals surface area contributed by atoms with E-state index in [0.717, 1.165) is 17.5 Å². The largest absolute Gasteiger partial charge is 0.367 e. The van der Waals surface area contributed by atoms with Crippen molar-refractivity contribution in [3.63, 3.8) is 0 Å². The van der Waals surface area contributed by atoms with Gasteiger partial charge in [0.1, 0.15) is 0 Å². The highest BCUT2D eigenvalue weighted by molar-refractivity contribution is 6.01. The summed E-state index contributed by atoms with van der Waals surface area (Å²) in [5.41, 5.74) is 1.88. The molecule has 2 nitrogen and oxygen atoms in total. The standard InChI is InChI=1S/C16H19NO/c1-3-12(2)15(13-7-5-4-6-8-13)16(18)14-9-10-17-11-14/h4-12,15,17H,3H2,1-2H3. The van der Waals surface area contributed by atoms with Crippen molar-refractivity contribution in [1.82, 2.24) is 4.98 Å². The fourth-order valence-electron chi connectivity index (χ4n) is 2.29. The lowest BCUT2D eigenvalue weighted by Gasteiger charge is -2.21.